The van der Waals surface area contributed by atoms with Crippen LogP contribution in [0.2, 0.25) is 5.02 Å². The van der Waals surface area contributed by atoms with E-state index in [1.54, 1.807) is 11.3 Å². The number of ether oxygens (including phenoxy) is 1. The summed E-state index contributed by atoms with van der Waals surface area (Å²) in [5.41, 5.74) is 2.09. The Morgan fingerprint density at radius 1 is 1.40 bits per heavy atom. The van der Waals surface area contributed by atoms with E-state index >= 15 is 0 Å². The molecule has 0 spiro atoms. The SMILES string of the molecule is CNCc1ccc(OCc2csc(C(C)C)n2)c(Cl)c1. The zero-order valence-electron chi connectivity index (χ0n) is 11.9. The number of hydrogen-bond acceptors (Lipinski definition) is 4. The second-order valence-electron chi connectivity index (χ2n) is 4.92. The molecule has 0 unspecified atom stereocenters. The molecule has 1 aromatic carbocycles. The lowest BCUT2D eigenvalue weighted by molar-refractivity contribution is 0.302. The lowest BCUT2D eigenvalue weighted by Gasteiger charge is -2.08. The Labute approximate surface area is 129 Å². The van der Waals surface area contributed by atoms with E-state index in [4.69, 9.17) is 16.3 Å². The molecule has 0 amide bonds. The molecule has 0 atom stereocenters. The molecule has 0 saturated heterocycles. The summed E-state index contributed by atoms with van der Waals surface area (Å²) >= 11 is 7.89. The van der Waals surface area contributed by atoms with Crippen LogP contribution >= 0.6 is 22.9 Å². The van der Waals surface area contributed by atoms with Gasteiger partial charge < -0.3 is 10.1 Å². The van der Waals surface area contributed by atoms with Gasteiger partial charge in [0.15, 0.2) is 0 Å². The molecule has 0 radical (unpaired) electrons. The lowest BCUT2D eigenvalue weighted by Crippen LogP contribution is -2.05. The van der Waals surface area contributed by atoms with Crippen LogP contribution in [0.1, 0.15) is 36.0 Å². The van der Waals surface area contributed by atoms with Crippen molar-refractivity contribution in [2.24, 2.45) is 0 Å². The van der Waals surface area contributed by atoms with Crippen LogP contribution in [0, 0.1) is 0 Å². The van der Waals surface area contributed by atoms with Crippen LogP contribution in [-0.2, 0) is 13.2 Å². The first-order valence-corrected chi connectivity index (χ1v) is 7.86. The van der Waals surface area contributed by atoms with Gasteiger partial charge in [0.2, 0.25) is 0 Å². The summed E-state index contributed by atoms with van der Waals surface area (Å²) in [5, 5.41) is 6.91. The summed E-state index contributed by atoms with van der Waals surface area (Å²) in [6.45, 7) is 5.53. The highest BCUT2D eigenvalue weighted by Gasteiger charge is 2.08. The fourth-order valence-electron chi connectivity index (χ4n) is 1.78. The number of benzene rings is 1. The maximum atomic E-state index is 6.22. The van der Waals surface area contributed by atoms with E-state index in [2.05, 4.69) is 24.1 Å². The van der Waals surface area contributed by atoms with Gasteiger partial charge in [-0.2, -0.15) is 0 Å². The zero-order valence-corrected chi connectivity index (χ0v) is 13.5. The van der Waals surface area contributed by atoms with Crippen molar-refractivity contribution < 1.29 is 4.74 Å². The van der Waals surface area contributed by atoms with E-state index in [0.717, 1.165) is 22.8 Å². The summed E-state index contributed by atoms with van der Waals surface area (Å²) in [4.78, 5) is 4.54. The number of thiazole rings is 1. The average molecular weight is 311 g/mol. The molecule has 0 aliphatic carbocycles. The van der Waals surface area contributed by atoms with Crippen LogP contribution in [0.3, 0.4) is 0 Å². The second kappa shape index (κ2) is 7.07. The van der Waals surface area contributed by atoms with Crippen molar-refractivity contribution in [2.45, 2.75) is 32.9 Å². The summed E-state index contributed by atoms with van der Waals surface area (Å²) in [5.74, 6) is 1.16. The minimum atomic E-state index is 0.453. The number of hydrogen-bond donors (Lipinski definition) is 1. The fraction of sp³-hybridized carbons (Fsp3) is 0.400. The molecule has 1 aromatic heterocycles. The van der Waals surface area contributed by atoms with E-state index in [1.807, 2.05) is 30.6 Å². The van der Waals surface area contributed by atoms with E-state index < -0.39 is 0 Å². The summed E-state index contributed by atoms with van der Waals surface area (Å²) < 4.78 is 5.74. The Hall–Kier alpha value is -1.10. The molecule has 1 N–H and O–H groups in total. The molecule has 108 valence electrons. The van der Waals surface area contributed by atoms with E-state index in [1.165, 1.54) is 0 Å². The molecule has 0 saturated carbocycles. The smallest absolute Gasteiger partial charge is 0.138 e. The highest BCUT2D eigenvalue weighted by molar-refractivity contribution is 7.09. The monoisotopic (exact) mass is 310 g/mol. The Bertz CT molecular complexity index is 569. The van der Waals surface area contributed by atoms with Gasteiger partial charge in [-0.15, -0.1) is 11.3 Å². The van der Waals surface area contributed by atoms with E-state index in [-0.39, 0.29) is 0 Å². The van der Waals surface area contributed by atoms with E-state index in [0.29, 0.717) is 23.3 Å². The number of rotatable bonds is 6. The third-order valence-corrected chi connectivity index (χ3v) is 4.31. The third kappa shape index (κ3) is 3.95. The van der Waals surface area contributed by atoms with Crippen molar-refractivity contribution in [2.75, 3.05) is 7.05 Å². The van der Waals surface area contributed by atoms with Crippen molar-refractivity contribution >= 4 is 22.9 Å². The maximum Gasteiger partial charge on any atom is 0.138 e. The Morgan fingerprint density at radius 3 is 2.80 bits per heavy atom. The van der Waals surface area contributed by atoms with Gasteiger partial charge >= 0.3 is 0 Å². The van der Waals surface area contributed by atoms with Crippen LogP contribution in [-0.4, -0.2) is 12.0 Å². The van der Waals surface area contributed by atoms with Gasteiger partial charge in [0, 0.05) is 17.8 Å². The van der Waals surface area contributed by atoms with Crippen molar-refractivity contribution in [3.05, 3.63) is 44.9 Å². The highest BCUT2D eigenvalue weighted by Crippen LogP contribution is 2.27. The molecule has 3 nitrogen and oxygen atoms in total. The van der Waals surface area contributed by atoms with Gasteiger partial charge in [0.05, 0.1) is 15.7 Å². The standard InChI is InChI=1S/C15H19ClN2OS/c1-10(2)15-18-12(9-20-15)8-19-14-5-4-11(7-17-3)6-13(14)16/h4-6,9-10,17H,7-8H2,1-3H3. The number of nitrogens with one attached hydrogen (secondary N) is 1. The third-order valence-electron chi connectivity index (χ3n) is 2.82. The van der Waals surface area contributed by atoms with Gasteiger partial charge in [-0.05, 0) is 24.7 Å². The number of nitrogens with zero attached hydrogens (tertiary/aromatic N) is 1. The van der Waals surface area contributed by atoms with Crippen LogP contribution < -0.4 is 10.1 Å². The van der Waals surface area contributed by atoms with Crippen LogP contribution in [0.5, 0.6) is 5.75 Å². The first-order chi connectivity index (χ1) is 9.60. The predicted molar refractivity (Wildman–Crippen MR) is 84.8 cm³/mol. The fourth-order valence-corrected chi connectivity index (χ4v) is 2.86. The minimum absolute atomic E-state index is 0.453. The van der Waals surface area contributed by atoms with Crippen molar-refractivity contribution in [3.8, 4) is 5.75 Å². The molecule has 1 heterocycles. The Balaban J connectivity index is 1.99. The van der Waals surface area contributed by atoms with Crippen molar-refractivity contribution in [1.29, 1.82) is 0 Å². The van der Waals surface area contributed by atoms with Crippen LogP contribution in [0.15, 0.2) is 23.6 Å². The first-order valence-electron chi connectivity index (χ1n) is 6.60. The molecular weight excluding hydrogens is 292 g/mol. The highest BCUT2D eigenvalue weighted by atomic mass is 35.5. The van der Waals surface area contributed by atoms with Gasteiger partial charge in [-0.3, -0.25) is 0 Å². The Morgan fingerprint density at radius 2 is 2.20 bits per heavy atom. The van der Waals surface area contributed by atoms with Gasteiger partial charge in [-0.25, -0.2) is 4.98 Å². The molecular formula is C15H19ClN2OS. The number of halogens is 1. The average Bonchev–Trinajstić information content (AvgIpc) is 2.87. The molecule has 5 heteroatoms. The van der Waals surface area contributed by atoms with Gasteiger partial charge in [-0.1, -0.05) is 31.5 Å². The van der Waals surface area contributed by atoms with Gasteiger partial charge in [0.1, 0.15) is 12.4 Å². The first kappa shape index (κ1) is 15.3. The largest absolute Gasteiger partial charge is 0.486 e. The maximum absolute atomic E-state index is 6.22. The minimum Gasteiger partial charge on any atom is -0.486 e. The Kier molecular flexibility index (Phi) is 5.40. The molecule has 0 fully saturated rings. The van der Waals surface area contributed by atoms with Crippen LogP contribution in [0.4, 0.5) is 0 Å². The summed E-state index contributed by atoms with van der Waals surface area (Å²) in [7, 11) is 1.91. The van der Waals surface area contributed by atoms with Crippen molar-refractivity contribution in [1.82, 2.24) is 10.3 Å². The lowest BCUT2D eigenvalue weighted by atomic mass is 10.2. The quantitative estimate of drug-likeness (QED) is 0.867. The molecule has 0 bridgehead atoms. The number of aromatic nitrogens is 1. The molecule has 0 aliphatic heterocycles. The zero-order chi connectivity index (χ0) is 14.5. The molecule has 0 aliphatic rings. The normalized spacial score (nSPS) is 11.1. The second-order valence-corrected chi connectivity index (χ2v) is 6.21. The van der Waals surface area contributed by atoms with Gasteiger partial charge in [0.25, 0.3) is 0 Å². The summed E-state index contributed by atoms with van der Waals surface area (Å²) in [6.07, 6.45) is 0. The molecule has 2 aromatic rings. The van der Waals surface area contributed by atoms with Crippen molar-refractivity contribution in [3.63, 3.8) is 0 Å². The predicted octanol–water partition coefficient (Wildman–Crippen LogP) is 4.22. The molecule has 2 rings (SSSR count). The summed E-state index contributed by atoms with van der Waals surface area (Å²) in [6, 6.07) is 5.84. The molecule has 20 heavy (non-hydrogen) atoms. The van der Waals surface area contributed by atoms with Crippen LogP contribution in [0.25, 0.3) is 0 Å². The topological polar surface area (TPSA) is 34.1 Å². The van der Waals surface area contributed by atoms with E-state index in [9.17, 15) is 0 Å².